The van der Waals surface area contributed by atoms with Crippen LogP contribution in [0.3, 0.4) is 0 Å². The first-order valence-corrected chi connectivity index (χ1v) is 19.2. The van der Waals surface area contributed by atoms with Gasteiger partial charge in [-0.25, -0.2) is 0 Å². The molecular weight excluding hydrogens is 758 g/mol. The zero-order valence-corrected chi connectivity index (χ0v) is 32.6. The molecule has 0 aliphatic carbocycles. The van der Waals surface area contributed by atoms with Crippen molar-refractivity contribution in [3.8, 4) is 11.5 Å². The molecule has 0 radical (unpaired) electrons. The number of halogens is 1. The number of ketones is 2. The number of likely N-dealkylation sites (tertiary alicyclic amines) is 1. The monoisotopic (exact) mass is 801 g/mol. The van der Waals surface area contributed by atoms with Gasteiger partial charge in [0.1, 0.15) is 11.5 Å². The molecule has 5 aromatic rings. The lowest BCUT2D eigenvalue weighted by atomic mass is 10.0. The second-order valence-electron chi connectivity index (χ2n) is 13.6. The number of carbonyl (C=O) groups is 4. The van der Waals surface area contributed by atoms with E-state index in [-0.39, 0.29) is 30.7 Å². The smallest absolute Gasteiger partial charge is 0.265 e. The van der Waals surface area contributed by atoms with Gasteiger partial charge >= 0.3 is 0 Å². The highest BCUT2D eigenvalue weighted by Gasteiger charge is 2.23. The molecule has 9 nitrogen and oxygen atoms in total. The number of anilines is 2. The van der Waals surface area contributed by atoms with Gasteiger partial charge in [0.15, 0.2) is 24.8 Å². The number of para-hydroxylation sites is 2. The van der Waals surface area contributed by atoms with E-state index in [1.807, 2.05) is 56.3 Å². The predicted octanol–water partition coefficient (Wildman–Crippen LogP) is 8.44. The third kappa shape index (κ3) is 10.3. The van der Waals surface area contributed by atoms with Crippen LogP contribution < -0.4 is 19.7 Å². The lowest BCUT2D eigenvalue weighted by Gasteiger charge is -2.31. The van der Waals surface area contributed by atoms with E-state index < -0.39 is 5.91 Å². The molecule has 1 aliphatic heterocycles. The number of aryl methyl sites for hydroxylation is 2. The molecule has 1 aliphatic rings. The van der Waals surface area contributed by atoms with Gasteiger partial charge in [0.05, 0.1) is 11.4 Å². The Hall–Kier alpha value is -5.58. The highest BCUT2D eigenvalue weighted by Crippen LogP contribution is 2.28. The van der Waals surface area contributed by atoms with Gasteiger partial charge in [0, 0.05) is 39.8 Å². The lowest BCUT2D eigenvalue weighted by molar-refractivity contribution is -0.121. The molecule has 1 N–H and O–H groups in total. The van der Waals surface area contributed by atoms with Crippen molar-refractivity contribution in [3.63, 3.8) is 0 Å². The number of hydrogen-bond acceptors (Lipinski definition) is 7. The van der Waals surface area contributed by atoms with Crippen molar-refractivity contribution in [1.82, 2.24) is 4.90 Å². The van der Waals surface area contributed by atoms with Crippen LogP contribution in [0.15, 0.2) is 120 Å². The fraction of sp³-hybridized carbons (Fsp3) is 0.244. The molecule has 282 valence electrons. The molecule has 0 saturated carbocycles. The predicted molar refractivity (Wildman–Crippen MR) is 219 cm³/mol. The van der Waals surface area contributed by atoms with Crippen molar-refractivity contribution >= 4 is 50.7 Å². The number of amides is 2. The summed E-state index contributed by atoms with van der Waals surface area (Å²) in [6, 6.07) is 33.8. The average Bonchev–Trinajstić information content (AvgIpc) is 3.21. The minimum Gasteiger partial charge on any atom is -0.483 e. The molecule has 5 aromatic carbocycles. The van der Waals surface area contributed by atoms with Crippen LogP contribution in [0.25, 0.3) is 0 Å². The van der Waals surface area contributed by atoms with Crippen LogP contribution in [0.4, 0.5) is 11.4 Å². The molecule has 6 rings (SSSR count). The van der Waals surface area contributed by atoms with Crippen LogP contribution in [-0.4, -0.2) is 67.7 Å². The van der Waals surface area contributed by atoms with Crippen molar-refractivity contribution in [2.24, 2.45) is 0 Å². The third-order valence-corrected chi connectivity index (χ3v) is 10.1. The van der Waals surface area contributed by atoms with Crippen molar-refractivity contribution < 1.29 is 28.7 Å². The number of benzene rings is 5. The molecule has 0 spiro atoms. The minimum absolute atomic E-state index is 0.0867. The molecule has 55 heavy (non-hydrogen) atoms. The Morgan fingerprint density at radius 2 is 1.20 bits per heavy atom. The summed E-state index contributed by atoms with van der Waals surface area (Å²) in [6.07, 6.45) is 3.44. The van der Waals surface area contributed by atoms with Gasteiger partial charge in [-0.05, 0) is 124 Å². The Labute approximate surface area is 330 Å². The van der Waals surface area contributed by atoms with E-state index in [2.05, 4.69) is 26.1 Å². The van der Waals surface area contributed by atoms with Crippen LogP contribution in [0.1, 0.15) is 62.2 Å². The number of hydrogen-bond donors (Lipinski definition) is 1. The summed E-state index contributed by atoms with van der Waals surface area (Å²) in [5.41, 5.74) is 4.71. The molecule has 0 aromatic heterocycles. The molecule has 1 saturated heterocycles. The first-order valence-electron chi connectivity index (χ1n) is 18.4. The van der Waals surface area contributed by atoms with Crippen molar-refractivity contribution in [1.29, 1.82) is 0 Å². The summed E-state index contributed by atoms with van der Waals surface area (Å²) in [7, 11) is 0. The SMILES string of the molecule is Cc1cc(C(=O)c2ccc(Br)cc2)ccc1OCC(=O)Nc1ccccc1N(CCN1CCCCC1)C(=O)COc1ccc(C(=O)c2ccccc2)cc1C. The minimum atomic E-state index is -0.401. The zero-order valence-electron chi connectivity index (χ0n) is 31.1. The van der Waals surface area contributed by atoms with Gasteiger partial charge in [-0.1, -0.05) is 64.8 Å². The lowest BCUT2D eigenvalue weighted by Crippen LogP contribution is -2.42. The van der Waals surface area contributed by atoms with Gasteiger partial charge in [-0.2, -0.15) is 0 Å². The Kier molecular flexibility index (Phi) is 13.3. The summed E-state index contributed by atoms with van der Waals surface area (Å²) < 4.78 is 12.8. The molecule has 1 heterocycles. The third-order valence-electron chi connectivity index (χ3n) is 9.59. The topological polar surface area (TPSA) is 105 Å². The maximum Gasteiger partial charge on any atom is 0.265 e. The maximum absolute atomic E-state index is 14.0. The number of nitrogens with one attached hydrogen (secondary N) is 1. The van der Waals surface area contributed by atoms with Gasteiger partial charge in [0.2, 0.25) is 0 Å². The average molecular weight is 803 g/mol. The first kappa shape index (κ1) is 39.1. The van der Waals surface area contributed by atoms with Crippen LogP contribution in [0, 0.1) is 13.8 Å². The normalized spacial score (nSPS) is 12.8. The van der Waals surface area contributed by atoms with E-state index in [0.717, 1.165) is 41.5 Å². The Bertz CT molecular complexity index is 2150. The maximum atomic E-state index is 14.0. The van der Waals surface area contributed by atoms with Gasteiger partial charge in [0.25, 0.3) is 11.8 Å². The van der Waals surface area contributed by atoms with Crippen LogP contribution in [-0.2, 0) is 9.59 Å². The van der Waals surface area contributed by atoms with Crippen LogP contribution in [0.5, 0.6) is 11.5 Å². The summed E-state index contributed by atoms with van der Waals surface area (Å²) in [6.45, 7) is 6.18. The Morgan fingerprint density at radius 3 is 1.82 bits per heavy atom. The van der Waals surface area contributed by atoms with Crippen molar-refractivity contribution in [3.05, 3.63) is 153 Å². The Balaban J connectivity index is 1.12. The Morgan fingerprint density at radius 1 is 0.655 bits per heavy atom. The number of piperidine rings is 1. The number of nitrogens with zero attached hydrogens (tertiary/aromatic N) is 2. The van der Waals surface area contributed by atoms with Gasteiger partial charge in [-0.3, -0.25) is 19.2 Å². The highest BCUT2D eigenvalue weighted by atomic mass is 79.9. The quantitative estimate of drug-likeness (QED) is 0.106. The van der Waals surface area contributed by atoms with Gasteiger partial charge < -0.3 is 24.6 Å². The summed E-state index contributed by atoms with van der Waals surface area (Å²) in [4.78, 5) is 57.3. The van der Waals surface area contributed by atoms with E-state index in [4.69, 9.17) is 9.47 Å². The largest absolute Gasteiger partial charge is 0.483 e. The fourth-order valence-corrected chi connectivity index (χ4v) is 6.86. The zero-order chi connectivity index (χ0) is 38.7. The van der Waals surface area contributed by atoms with Crippen LogP contribution in [0.2, 0.25) is 0 Å². The molecule has 0 atom stereocenters. The number of rotatable bonds is 15. The molecule has 10 heteroatoms. The second kappa shape index (κ2) is 18.6. The van der Waals surface area contributed by atoms with Crippen molar-refractivity contribution in [2.75, 3.05) is 49.6 Å². The number of carbonyl (C=O) groups excluding carboxylic acids is 4. The summed E-state index contributed by atoms with van der Waals surface area (Å²) in [5, 5.41) is 2.94. The summed E-state index contributed by atoms with van der Waals surface area (Å²) in [5.74, 6) is 0.128. The number of ether oxygens (including phenoxy) is 2. The standard InChI is InChI=1S/C45H44BrN3O6/c1-31-27-36(45(53)34-15-19-37(46)20-16-34)17-21-40(31)54-29-42(50)47-38-13-7-8-14-39(38)49(26-25-48-23-9-4-10-24-48)43(51)30-55-41-22-18-35(28-32(41)2)44(52)33-11-5-3-6-12-33/h3,5-8,11-22,27-28H,4,9-10,23-26,29-30H2,1-2H3,(H,47,50). The molecular formula is C45H44BrN3O6. The summed E-state index contributed by atoms with van der Waals surface area (Å²) >= 11 is 3.39. The fourth-order valence-electron chi connectivity index (χ4n) is 6.59. The molecule has 2 amide bonds. The van der Waals surface area contributed by atoms with Crippen molar-refractivity contribution in [2.45, 2.75) is 33.1 Å². The van der Waals surface area contributed by atoms with E-state index in [1.165, 1.54) is 6.42 Å². The van der Waals surface area contributed by atoms with E-state index in [0.29, 0.717) is 58.2 Å². The molecule has 0 bridgehead atoms. The van der Waals surface area contributed by atoms with E-state index in [9.17, 15) is 19.2 Å². The molecule has 1 fully saturated rings. The first-order chi connectivity index (χ1) is 26.7. The van der Waals surface area contributed by atoms with E-state index in [1.54, 1.807) is 77.7 Å². The van der Waals surface area contributed by atoms with Crippen LogP contribution >= 0.6 is 15.9 Å². The van der Waals surface area contributed by atoms with E-state index >= 15 is 0 Å². The highest BCUT2D eigenvalue weighted by molar-refractivity contribution is 9.10. The second-order valence-corrected chi connectivity index (χ2v) is 14.5. The molecule has 0 unspecified atom stereocenters. The van der Waals surface area contributed by atoms with Gasteiger partial charge in [-0.15, -0.1) is 0 Å².